The highest BCUT2D eigenvalue weighted by Gasteiger charge is 2.12. The molecule has 2 rings (SSSR count). The second-order valence-electron chi connectivity index (χ2n) is 3.21. The summed E-state index contributed by atoms with van der Waals surface area (Å²) in [6.07, 6.45) is 0. The van der Waals surface area contributed by atoms with E-state index in [-0.39, 0.29) is 0 Å². The van der Waals surface area contributed by atoms with E-state index >= 15 is 0 Å². The minimum Gasteiger partial charge on any atom is -0.492 e. The zero-order valence-electron chi connectivity index (χ0n) is 9.83. The van der Waals surface area contributed by atoms with Crippen molar-refractivity contribution in [3.8, 4) is 11.4 Å². The van der Waals surface area contributed by atoms with Crippen molar-refractivity contribution in [2.75, 3.05) is 12.4 Å². The lowest BCUT2D eigenvalue weighted by atomic mass is 10.3. The molecule has 17 heavy (non-hydrogen) atoms. The van der Waals surface area contributed by atoms with Crippen LogP contribution in [-0.2, 0) is 0 Å². The minimum absolute atomic E-state index is 0.620. The van der Waals surface area contributed by atoms with E-state index in [0.29, 0.717) is 6.61 Å². The van der Waals surface area contributed by atoms with Crippen molar-refractivity contribution in [1.82, 2.24) is 20.2 Å². The van der Waals surface area contributed by atoms with E-state index in [1.807, 2.05) is 31.2 Å². The van der Waals surface area contributed by atoms with Crippen LogP contribution in [0.5, 0.6) is 5.75 Å². The summed E-state index contributed by atoms with van der Waals surface area (Å²) in [6, 6.07) is 7.74. The number of rotatable bonds is 5. The third-order valence-corrected chi connectivity index (χ3v) is 2.91. The highest BCUT2D eigenvalue weighted by atomic mass is 32.2. The number of ether oxygens (including phenoxy) is 1. The number of hydrogen-bond donors (Lipinski definition) is 0. The fourth-order valence-corrected chi connectivity index (χ4v) is 2.07. The topological polar surface area (TPSA) is 52.8 Å². The quantitative estimate of drug-likeness (QED) is 0.761. The summed E-state index contributed by atoms with van der Waals surface area (Å²) in [5, 5.41) is 12.5. The zero-order valence-corrected chi connectivity index (χ0v) is 10.6. The van der Waals surface area contributed by atoms with E-state index in [0.717, 1.165) is 22.3 Å². The van der Waals surface area contributed by atoms with Crippen LogP contribution >= 0.6 is 11.8 Å². The van der Waals surface area contributed by atoms with Crippen LogP contribution in [0.3, 0.4) is 0 Å². The third kappa shape index (κ3) is 2.58. The van der Waals surface area contributed by atoms with Gasteiger partial charge in [0.25, 0.3) is 0 Å². The first-order chi connectivity index (χ1) is 8.36. The molecule has 5 nitrogen and oxygen atoms in total. The van der Waals surface area contributed by atoms with Crippen LogP contribution in [-0.4, -0.2) is 32.6 Å². The van der Waals surface area contributed by atoms with Crippen molar-refractivity contribution in [3.05, 3.63) is 24.3 Å². The summed E-state index contributed by atoms with van der Waals surface area (Å²) in [6.45, 7) is 4.64. The number of para-hydroxylation sites is 2. The van der Waals surface area contributed by atoms with Gasteiger partial charge in [-0.1, -0.05) is 30.8 Å². The van der Waals surface area contributed by atoms with E-state index in [4.69, 9.17) is 4.74 Å². The van der Waals surface area contributed by atoms with Gasteiger partial charge in [-0.15, -0.1) is 5.10 Å². The monoisotopic (exact) mass is 250 g/mol. The summed E-state index contributed by atoms with van der Waals surface area (Å²) in [4.78, 5) is 0. The predicted octanol–water partition coefficient (Wildman–Crippen LogP) is 2.17. The molecule has 0 bridgehead atoms. The first kappa shape index (κ1) is 11.9. The number of thioether (sulfide) groups is 1. The molecule has 0 N–H and O–H groups in total. The molecular weight excluding hydrogens is 236 g/mol. The molecule has 90 valence electrons. The molecule has 0 aliphatic heterocycles. The summed E-state index contributed by atoms with van der Waals surface area (Å²) in [5.74, 6) is 1.72. The van der Waals surface area contributed by atoms with Crippen molar-refractivity contribution in [2.24, 2.45) is 0 Å². The standard InChI is InChI=1S/C11H14N4OS/c1-3-16-10-8-6-5-7-9(10)15-11(17-4-2)12-13-14-15/h5-8H,3-4H2,1-2H3. The Morgan fingerprint density at radius 2 is 2.12 bits per heavy atom. The van der Waals surface area contributed by atoms with E-state index in [9.17, 15) is 0 Å². The van der Waals surface area contributed by atoms with Gasteiger partial charge in [0.2, 0.25) is 5.16 Å². The van der Waals surface area contributed by atoms with Crippen molar-refractivity contribution in [3.63, 3.8) is 0 Å². The molecule has 0 radical (unpaired) electrons. The van der Waals surface area contributed by atoms with Crippen molar-refractivity contribution >= 4 is 11.8 Å². The molecule has 0 aliphatic rings. The molecule has 0 aliphatic carbocycles. The number of benzene rings is 1. The molecule has 0 atom stereocenters. The second-order valence-corrected chi connectivity index (χ2v) is 4.44. The Labute approximate surface area is 104 Å². The Morgan fingerprint density at radius 3 is 2.88 bits per heavy atom. The fourth-order valence-electron chi connectivity index (χ4n) is 1.46. The Kier molecular flexibility index (Phi) is 3.98. The van der Waals surface area contributed by atoms with Crippen LogP contribution in [0.2, 0.25) is 0 Å². The largest absolute Gasteiger partial charge is 0.492 e. The van der Waals surface area contributed by atoms with Gasteiger partial charge in [-0.25, -0.2) is 0 Å². The Balaban J connectivity index is 2.41. The van der Waals surface area contributed by atoms with Crippen LogP contribution in [0.1, 0.15) is 13.8 Å². The van der Waals surface area contributed by atoms with E-state index in [1.54, 1.807) is 16.4 Å². The number of tetrazole rings is 1. The maximum absolute atomic E-state index is 5.57. The first-order valence-electron chi connectivity index (χ1n) is 5.50. The van der Waals surface area contributed by atoms with Gasteiger partial charge in [0.05, 0.1) is 6.61 Å². The average Bonchev–Trinajstić information content (AvgIpc) is 2.79. The van der Waals surface area contributed by atoms with Gasteiger partial charge in [0, 0.05) is 0 Å². The van der Waals surface area contributed by atoms with E-state index in [1.165, 1.54) is 0 Å². The lowest BCUT2D eigenvalue weighted by Crippen LogP contribution is -2.03. The van der Waals surface area contributed by atoms with Gasteiger partial charge in [0.1, 0.15) is 11.4 Å². The van der Waals surface area contributed by atoms with Gasteiger partial charge in [0.15, 0.2) is 0 Å². The van der Waals surface area contributed by atoms with Crippen molar-refractivity contribution < 1.29 is 4.74 Å². The first-order valence-corrected chi connectivity index (χ1v) is 6.48. The number of hydrogen-bond acceptors (Lipinski definition) is 5. The molecule has 0 saturated heterocycles. The van der Waals surface area contributed by atoms with Crippen LogP contribution in [0.25, 0.3) is 5.69 Å². The van der Waals surface area contributed by atoms with E-state index in [2.05, 4.69) is 22.4 Å². The van der Waals surface area contributed by atoms with Crippen LogP contribution in [0, 0.1) is 0 Å². The molecule has 2 aromatic rings. The summed E-state index contributed by atoms with van der Waals surface area (Å²) < 4.78 is 7.28. The Bertz CT molecular complexity index is 486. The Morgan fingerprint density at radius 1 is 1.29 bits per heavy atom. The summed E-state index contributed by atoms with van der Waals surface area (Å²) >= 11 is 1.60. The van der Waals surface area contributed by atoms with Gasteiger partial charge in [-0.05, 0) is 35.2 Å². The molecule has 1 aromatic heterocycles. The molecule has 6 heteroatoms. The van der Waals surface area contributed by atoms with Crippen LogP contribution < -0.4 is 4.74 Å². The average molecular weight is 250 g/mol. The second kappa shape index (κ2) is 5.67. The molecular formula is C11H14N4OS. The predicted molar refractivity (Wildman–Crippen MR) is 66.7 cm³/mol. The summed E-state index contributed by atoms with van der Waals surface area (Å²) in [5.41, 5.74) is 0.871. The normalized spacial score (nSPS) is 10.5. The molecule has 1 aromatic carbocycles. The summed E-state index contributed by atoms with van der Waals surface area (Å²) in [7, 11) is 0. The van der Waals surface area contributed by atoms with Gasteiger partial charge in [-0.2, -0.15) is 4.68 Å². The molecule has 0 unspecified atom stereocenters. The van der Waals surface area contributed by atoms with Crippen LogP contribution in [0.4, 0.5) is 0 Å². The van der Waals surface area contributed by atoms with Gasteiger partial charge >= 0.3 is 0 Å². The van der Waals surface area contributed by atoms with Crippen molar-refractivity contribution in [2.45, 2.75) is 19.0 Å². The third-order valence-electron chi connectivity index (χ3n) is 2.11. The highest BCUT2D eigenvalue weighted by molar-refractivity contribution is 7.99. The molecule has 0 amide bonds. The SMILES string of the molecule is CCOc1ccccc1-n1nnnc1SCC. The lowest BCUT2D eigenvalue weighted by molar-refractivity contribution is 0.337. The lowest BCUT2D eigenvalue weighted by Gasteiger charge is -2.09. The van der Waals surface area contributed by atoms with Gasteiger partial charge < -0.3 is 4.74 Å². The van der Waals surface area contributed by atoms with Crippen LogP contribution in [0.15, 0.2) is 29.4 Å². The maximum Gasteiger partial charge on any atom is 0.214 e. The molecule has 0 saturated carbocycles. The number of nitrogens with zero attached hydrogens (tertiary/aromatic N) is 4. The zero-order chi connectivity index (χ0) is 12.1. The fraction of sp³-hybridized carbons (Fsp3) is 0.364. The number of aromatic nitrogens is 4. The maximum atomic E-state index is 5.57. The minimum atomic E-state index is 0.620. The Hall–Kier alpha value is -1.56. The smallest absolute Gasteiger partial charge is 0.214 e. The molecule has 0 fully saturated rings. The highest BCUT2D eigenvalue weighted by Crippen LogP contribution is 2.25. The van der Waals surface area contributed by atoms with E-state index < -0.39 is 0 Å². The van der Waals surface area contributed by atoms with Gasteiger partial charge in [-0.3, -0.25) is 0 Å². The molecule has 1 heterocycles. The van der Waals surface area contributed by atoms with Crippen molar-refractivity contribution in [1.29, 1.82) is 0 Å². The molecule has 0 spiro atoms.